The summed E-state index contributed by atoms with van der Waals surface area (Å²) in [4.78, 5) is 0. The van der Waals surface area contributed by atoms with Crippen molar-refractivity contribution in [3.63, 3.8) is 0 Å². The van der Waals surface area contributed by atoms with Crippen LogP contribution in [0.15, 0.2) is 30.3 Å². The zero-order valence-electron chi connectivity index (χ0n) is 10.0. The molecule has 94 valence electrons. The Hall–Kier alpha value is -0.900. The second-order valence-electron chi connectivity index (χ2n) is 4.84. The van der Waals surface area contributed by atoms with Crippen molar-refractivity contribution in [2.75, 3.05) is 13.1 Å². The zero-order chi connectivity index (χ0) is 12.1. The van der Waals surface area contributed by atoms with Crippen molar-refractivity contribution in [2.24, 2.45) is 5.92 Å². The summed E-state index contributed by atoms with van der Waals surface area (Å²) in [5.41, 5.74) is 0.937. The van der Waals surface area contributed by atoms with Gasteiger partial charge >= 0.3 is 0 Å². The fourth-order valence-corrected chi connectivity index (χ4v) is 2.45. The van der Waals surface area contributed by atoms with Crippen LogP contribution < -0.4 is 5.32 Å². The number of benzene rings is 1. The second kappa shape index (κ2) is 6.15. The lowest BCUT2D eigenvalue weighted by Crippen LogP contribution is -2.30. The van der Waals surface area contributed by atoms with Gasteiger partial charge in [-0.25, -0.2) is 0 Å². The molecule has 0 amide bonds. The van der Waals surface area contributed by atoms with Crippen LogP contribution in [0.3, 0.4) is 0 Å². The molecule has 0 heterocycles. The Kier molecular flexibility index (Phi) is 4.54. The molecule has 3 atom stereocenters. The molecule has 0 spiro atoms. The first-order valence-electron chi connectivity index (χ1n) is 6.39. The molecule has 3 unspecified atom stereocenters. The molecule has 0 bridgehead atoms. The monoisotopic (exact) mass is 235 g/mol. The van der Waals surface area contributed by atoms with Gasteiger partial charge in [0, 0.05) is 13.1 Å². The van der Waals surface area contributed by atoms with Crippen LogP contribution in [0.4, 0.5) is 0 Å². The number of aliphatic hydroxyl groups is 2. The first kappa shape index (κ1) is 12.6. The van der Waals surface area contributed by atoms with Gasteiger partial charge in [0.25, 0.3) is 0 Å². The second-order valence-corrected chi connectivity index (χ2v) is 4.84. The Morgan fingerprint density at radius 1 is 1.24 bits per heavy atom. The number of hydrogen-bond acceptors (Lipinski definition) is 3. The molecule has 1 aliphatic carbocycles. The van der Waals surface area contributed by atoms with Crippen molar-refractivity contribution in [3.05, 3.63) is 35.9 Å². The molecular weight excluding hydrogens is 214 g/mol. The van der Waals surface area contributed by atoms with Gasteiger partial charge in [-0.1, -0.05) is 36.8 Å². The van der Waals surface area contributed by atoms with E-state index >= 15 is 0 Å². The Morgan fingerprint density at radius 3 is 2.65 bits per heavy atom. The van der Waals surface area contributed by atoms with Crippen LogP contribution in [0.1, 0.15) is 30.9 Å². The van der Waals surface area contributed by atoms with Gasteiger partial charge in [0.1, 0.15) is 0 Å². The third-order valence-corrected chi connectivity index (χ3v) is 3.55. The molecule has 0 aromatic heterocycles. The van der Waals surface area contributed by atoms with E-state index in [0.717, 1.165) is 31.4 Å². The average Bonchev–Trinajstić information content (AvgIpc) is 2.76. The number of hydrogen-bond donors (Lipinski definition) is 3. The van der Waals surface area contributed by atoms with E-state index in [1.54, 1.807) is 0 Å². The van der Waals surface area contributed by atoms with Crippen LogP contribution >= 0.6 is 0 Å². The van der Waals surface area contributed by atoms with Gasteiger partial charge in [0.05, 0.1) is 12.2 Å². The van der Waals surface area contributed by atoms with E-state index in [0.29, 0.717) is 12.5 Å². The van der Waals surface area contributed by atoms with E-state index in [9.17, 15) is 10.2 Å². The molecule has 3 N–H and O–H groups in total. The van der Waals surface area contributed by atoms with E-state index in [4.69, 9.17) is 0 Å². The van der Waals surface area contributed by atoms with Crippen molar-refractivity contribution in [2.45, 2.75) is 31.5 Å². The van der Waals surface area contributed by atoms with Crippen LogP contribution in [0.25, 0.3) is 0 Å². The van der Waals surface area contributed by atoms with Gasteiger partial charge < -0.3 is 15.5 Å². The lowest BCUT2D eigenvalue weighted by Gasteiger charge is -2.17. The lowest BCUT2D eigenvalue weighted by atomic mass is 10.1. The van der Waals surface area contributed by atoms with Gasteiger partial charge in [-0.05, 0) is 24.3 Å². The summed E-state index contributed by atoms with van der Waals surface area (Å²) >= 11 is 0. The van der Waals surface area contributed by atoms with E-state index in [1.165, 1.54) is 0 Å². The van der Waals surface area contributed by atoms with Crippen LogP contribution in [0.5, 0.6) is 0 Å². The Balaban J connectivity index is 1.71. The maximum Gasteiger partial charge on any atom is 0.0914 e. The average molecular weight is 235 g/mol. The first-order valence-corrected chi connectivity index (χ1v) is 6.39. The lowest BCUT2D eigenvalue weighted by molar-refractivity contribution is 0.124. The van der Waals surface area contributed by atoms with E-state index in [2.05, 4.69) is 5.32 Å². The zero-order valence-corrected chi connectivity index (χ0v) is 10.0. The number of rotatable bonds is 5. The fraction of sp³-hybridized carbons (Fsp3) is 0.571. The van der Waals surface area contributed by atoms with Gasteiger partial charge in [0.15, 0.2) is 0 Å². The molecule has 3 heteroatoms. The summed E-state index contributed by atoms with van der Waals surface area (Å²) in [5, 5.41) is 22.9. The Bertz CT molecular complexity index is 328. The van der Waals surface area contributed by atoms with Crippen molar-refractivity contribution < 1.29 is 10.2 Å². The predicted octanol–water partition coefficient (Wildman–Crippen LogP) is 1.47. The summed E-state index contributed by atoms with van der Waals surface area (Å²) in [6, 6.07) is 9.66. The molecule has 1 aromatic carbocycles. The number of nitrogens with one attached hydrogen (secondary N) is 1. The Morgan fingerprint density at radius 2 is 2.00 bits per heavy atom. The van der Waals surface area contributed by atoms with Crippen molar-refractivity contribution in [1.29, 1.82) is 0 Å². The maximum atomic E-state index is 9.94. The highest BCUT2D eigenvalue weighted by molar-refractivity contribution is 5.17. The van der Waals surface area contributed by atoms with Crippen molar-refractivity contribution in [3.8, 4) is 0 Å². The molecule has 1 fully saturated rings. The van der Waals surface area contributed by atoms with Crippen LogP contribution in [-0.2, 0) is 0 Å². The van der Waals surface area contributed by atoms with Gasteiger partial charge in [-0.2, -0.15) is 0 Å². The quantitative estimate of drug-likeness (QED) is 0.724. The van der Waals surface area contributed by atoms with Crippen LogP contribution in [0, 0.1) is 5.92 Å². The van der Waals surface area contributed by atoms with E-state index < -0.39 is 6.10 Å². The minimum absolute atomic E-state index is 0.156. The minimum atomic E-state index is -0.463. The molecule has 2 rings (SSSR count). The SMILES string of the molecule is OC(CNCC1CCCC1O)c1ccccc1. The highest BCUT2D eigenvalue weighted by atomic mass is 16.3. The predicted molar refractivity (Wildman–Crippen MR) is 67.6 cm³/mol. The molecule has 0 saturated heterocycles. The normalized spacial score (nSPS) is 26.0. The minimum Gasteiger partial charge on any atom is -0.393 e. The third-order valence-electron chi connectivity index (χ3n) is 3.55. The maximum absolute atomic E-state index is 9.94. The summed E-state index contributed by atoms with van der Waals surface area (Å²) in [5.74, 6) is 0.359. The van der Waals surface area contributed by atoms with Crippen LogP contribution in [-0.4, -0.2) is 29.4 Å². The van der Waals surface area contributed by atoms with Crippen LogP contribution in [0.2, 0.25) is 0 Å². The highest BCUT2D eigenvalue weighted by Gasteiger charge is 2.24. The largest absolute Gasteiger partial charge is 0.393 e. The molecule has 0 aliphatic heterocycles. The van der Waals surface area contributed by atoms with Gasteiger partial charge in [-0.15, -0.1) is 0 Å². The molecule has 3 nitrogen and oxygen atoms in total. The molecule has 1 aliphatic rings. The van der Waals surface area contributed by atoms with Crippen molar-refractivity contribution in [1.82, 2.24) is 5.32 Å². The first-order chi connectivity index (χ1) is 8.27. The Labute approximate surface area is 102 Å². The summed E-state index contributed by atoms with van der Waals surface area (Å²) < 4.78 is 0. The summed E-state index contributed by atoms with van der Waals surface area (Å²) in [6.45, 7) is 1.35. The topological polar surface area (TPSA) is 52.5 Å². The summed E-state index contributed by atoms with van der Waals surface area (Å²) in [6.07, 6.45) is 2.52. The third kappa shape index (κ3) is 3.53. The van der Waals surface area contributed by atoms with Gasteiger partial charge in [-0.3, -0.25) is 0 Å². The highest BCUT2D eigenvalue weighted by Crippen LogP contribution is 2.24. The summed E-state index contributed by atoms with van der Waals surface area (Å²) in [7, 11) is 0. The molecule has 1 saturated carbocycles. The van der Waals surface area contributed by atoms with Gasteiger partial charge in [0.2, 0.25) is 0 Å². The van der Waals surface area contributed by atoms with E-state index in [-0.39, 0.29) is 6.10 Å². The molecule has 1 aromatic rings. The van der Waals surface area contributed by atoms with Crippen molar-refractivity contribution >= 4 is 0 Å². The standard InChI is InChI=1S/C14H21NO2/c16-13-8-4-7-12(13)9-15-10-14(17)11-5-2-1-3-6-11/h1-3,5-6,12-17H,4,7-10H2. The smallest absolute Gasteiger partial charge is 0.0914 e. The molecule has 17 heavy (non-hydrogen) atoms. The molecular formula is C14H21NO2. The fourth-order valence-electron chi connectivity index (χ4n) is 2.45. The number of aliphatic hydroxyl groups excluding tert-OH is 2. The molecule has 0 radical (unpaired) electrons. The van der Waals surface area contributed by atoms with E-state index in [1.807, 2.05) is 30.3 Å².